The van der Waals surface area contributed by atoms with E-state index in [0.29, 0.717) is 5.92 Å². The van der Waals surface area contributed by atoms with Crippen LogP contribution in [0.2, 0.25) is 5.02 Å². The summed E-state index contributed by atoms with van der Waals surface area (Å²) in [5.74, 6) is 0.0460. The molecule has 0 radical (unpaired) electrons. The van der Waals surface area contributed by atoms with Gasteiger partial charge in [-0.25, -0.2) is 4.39 Å². The monoisotopic (exact) mass is 305 g/mol. The molecule has 1 nitrogen and oxygen atoms in total. The normalized spacial score (nSPS) is 12.4. The van der Waals surface area contributed by atoms with Gasteiger partial charge in [0.2, 0.25) is 0 Å². The summed E-state index contributed by atoms with van der Waals surface area (Å²) in [5.41, 5.74) is 3.44. The summed E-state index contributed by atoms with van der Waals surface area (Å²) in [5, 5.41) is 3.47. The summed E-state index contributed by atoms with van der Waals surface area (Å²) in [6.07, 6.45) is 1.72. The van der Waals surface area contributed by atoms with E-state index >= 15 is 0 Å². The Labute approximate surface area is 131 Å². The summed E-state index contributed by atoms with van der Waals surface area (Å²) >= 11 is 6.07. The molecule has 21 heavy (non-hydrogen) atoms. The molecule has 3 heteroatoms. The van der Waals surface area contributed by atoms with Crippen LogP contribution >= 0.6 is 11.6 Å². The highest BCUT2D eigenvalue weighted by Crippen LogP contribution is 2.24. The molecule has 0 aliphatic heterocycles. The first-order valence-electron chi connectivity index (χ1n) is 7.23. The van der Waals surface area contributed by atoms with Crippen LogP contribution in [0.3, 0.4) is 0 Å². The van der Waals surface area contributed by atoms with Gasteiger partial charge in [0.15, 0.2) is 0 Å². The van der Waals surface area contributed by atoms with Gasteiger partial charge in [-0.3, -0.25) is 0 Å². The second kappa shape index (κ2) is 7.58. The zero-order valence-corrected chi connectivity index (χ0v) is 13.3. The van der Waals surface area contributed by atoms with Crippen LogP contribution in [0.5, 0.6) is 0 Å². The molecule has 0 bridgehead atoms. The molecule has 0 fully saturated rings. The van der Waals surface area contributed by atoms with Crippen LogP contribution in [0.25, 0.3) is 0 Å². The van der Waals surface area contributed by atoms with Crippen LogP contribution < -0.4 is 5.32 Å². The first kappa shape index (κ1) is 16.0. The second-order valence-electron chi connectivity index (χ2n) is 5.53. The van der Waals surface area contributed by atoms with E-state index in [1.807, 2.05) is 13.1 Å². The van der Waals surface area contributed by atoms with Crippen molar-refractivity contribution in [1.82, 2.24) is 5.32 Å². The predicted octanol–water partition coefficient (Wildman–Crippen LogP) is 4.41. The molecule has 0 spiro atoms. The lowest BCUT2D eigenvalue weighted by Gasteiger charge is -2.18. The Kier molecular flexibility index (Phi) is 5.77. The highest BCUT2D eigenvalue weighted by atomic mass is 35.5. The Morgan fingerprint density at radius 1 is 1.10 bits per heavy atom. The van der Waals surface area contributed by atoms with E-state index in [9.17, 15) is 4.39 Å². The van der Waals surface area contributed by atoms with E-state index in [4.69, 9.17) is 11.6 Å². The highest BCUT2D eigenvalue weighted by Gasteiger charge is 2.14. The van der Waals surface area contributed by atoms with Crippen LogP contribution in [0, 0.1) is 18.7 Å². The zero-order chi connectivity index (χ0) is 15.2. The van der Waals surface area contributed by atoms with Crippen LogP contribution in [-0.2, 0) is 12.8 Å². The van der Waals surface area contributed by atoms with E-state index in [1.54, 1.807) is 6.07 Å². The lowest BCUT2D eigenvalue weighted by Crippen LogP contribution is -2.23. The molecule has 112 valence electrons. The van der Waals surface area contributed by atoms with Crippen LogP contribution in [0.4, 0.5) is 4.39 Å². The van der Waals surface area contributed by atoms with Gasteiger partial charge in [0.25, 0.3) is 0 Å². The minimum Gasteiger partial charge on any atom is -0.319 e. The van der Waals surface area contributed by atoms with Gasteiger partial charge in [0.05, 0.1) is 5.02 Å². The fraction of sp³-hybridized carbons (Fsp3) is 0.333. The minimum atomic E-state index is -0.340. The third-order valence-electron chi connectivity index (χ3n) is 3.68. The van der Waals surface area contributed by atoms with Crippen molar-refractivity contribution in [3.8, 4) is 0 Å². The van der Waals surface area contributed by atoms with Gasteiger partial charge in [-0.1, -0.05) is 53.6 Å². The Bertz CT molecular complexity index is 580. The number of benzene rings is 2. The lowest BCUT2D eigenvalue weighted by atomic mass is 9.92. The molecule has 2 rings (SSSR count). The molecular formula is C18H21ClFN. The Balaban J connectivity index is 2.11. The molecule has 0 aliphatic rings. The van der Waals surface area contributed by atoms with Crippen molar-refractivity contribution in [2.75, 3.05) is 13.6 Å². The Morgan fingerprint density at radius 3 is 2.48 bits per heavy atom. The van der Waals surface area contributed by atoms with Crippen molar-refractivity contribution in [1.29, 1.82) is 0 Å². The number of hydrogen-bond donors (Lipinski definition) is 1. The third-order valence-corrected chi connectivity index (χ3v) is 4.10. The van der Waals surface area contributed by atoms with Gasteiger partial charge in [0.1, 0.15) is 5.82 Å². The molecule has 1 unspecified atom stereocenters. The van der Waals surface area contributed by atoms with E-state index in [0.717, 1.165) is 24.9 Å². The second-order valence-corrected chi connectivity index (χ2v) is 5.91. The van der Waals surface area contributed by atoms with Gasteiger partial charge in [-0.15, -0.1) is 0 Å². The molecule has 0 saturated heterocycles. The summed E-state index contributed by atoms with van der Waals surface area (Å²) in [6.45, 7) is 2.96. The lowest BCUT2D eigenvalue weighted by molar-refractivity contribution is 0.492. The topological polar surface area (TPSA) is 12.0 Å². The quantitative estimate of drug-likeness (QED) is 0.833. The smallest absolute Gasteiger partial charge is 0.142 e. The summed E-state index contributed by atoms with van der Waals surface area (Å²) in [4.78, 5) is 0. The van der Waals surface area contributed by atoms with Crippen molar-refractivity contribution in [2.24, 2.45) is 5.92 Å². The summed E-state index contributed by atoms with van der Waals surface area (Å²) in [6, 6.07) is 13.6. The van der Waals surface area contributed by atoms with Gasteiger partial charge in [-0.05, 0) is 56.5 Å². The number of nitrogens with one attached hydrogen (secondary N) is 1. The Hall–Kier alpha value is -1.38. The predicted molar refractivity (Wildman–Crippen MR) is 87.4 cm³/mol. The third kappa shape index (κ3) is 4.55. The standard InChI is InChI=1S/C18H21ClFN/c1-13-6-8-14(9-7-13)10-15(12-21-2)11-16-4-3-5-17(20)18(16)19/h3-9,15,21H,10-12H2,1-2H3. The maximum Gasteiger partial charge on any atom is 0.142 e. The van der Waals surface area contributed by atoms with Crippen molar-refractivity contribution in [3.63, 3.8) is 0 Å². The fourth-order valence-electron chi connectivity index (χ4n) is 2.58. The molecule has 2 aromatic carbocycles. The van der Waals surface area contributed by atoms with Crippen LogP contribution in [0.15, 0.2) is 42.5 Å². The van der Waals surface area contributed by atoms with E-state index in [-0.39, 0.29) is 10.8 Å². The summed E-state index contributed by atoms with van der Waals surface area (Å²) < 4.78 is 13.5. The molecule has 0 aromatic heterocycles. The maximum atomic E-state index is 13.5. The van der Waals surface area contributed by atoms with Crippen molar-refractivity contribution < 1.29 is 4.39 Å². The zero-order valence-electron chi connectivity index (χ0n) is 12.5. The molecule has 0 heterocycles. The van der Waals surface area contributed by atoms with Gasteiger partial charge in [0, 0.05) is 0 Å². The average Bonchev–Trinajstić information content (AvgIpc) is 2.46. The van der Waals surface area contributed by atoms with Gasteiger partial charge >= 0.3 is 0 Å². The SMILES string of the molecule is CNCC(Cc1ccc(C)cc1)Cc1cccc(F)c1Cl. The molecule has 2 aromatic rings. The van der Waals surface area contributed by atoms with E-state index in [2.05, 4.69) is 36.5 Å². The minimum absolute atomic E-state index is 0.252. The summed E-state index contributed by atoms with van der Waals surface area (Å²) in [7, 11) is 1.94. The molecule has 1 atom stereocenters. The largest absolute Gasteiger partial charge is 0.319 e. The van der Waals surface area contributed by atoms with Crippen LogP contribution in [-0.4, -0.2) is 13.6 Å². The first-order valence-corrected chi connectivity index (χ1v) is 7.61. The molecule has 1 N–H and O–H groups in total. The average molecular weight is 306 g/mol. The number of rotatable bonds is 6. The number of aryl methyl sites for hydroxylation is 1. The van der Waals surface area contributed by atoms with Crippen molar-refractivity contribution in [3.05, 3.63) is 70.0 Å². The van der Waals surface area contributed by atoms with Crippen LogP contribution in [0.1, 0.15) is 16.7 Å². The molecular weight excluding hydrogens is 285 g/mol. The molecule has 0 saturated carbocycles. The fourth-order valence-corrected chi connectivity index (χ4v) is 2.78. The van der Waals surface area contributed by atoms with Crippen molar-refractivity contribution >= 4 is 11.6 Å². The highest BCUT2D eigenvalue weighted by molar-refractivity contribution is 6.31. The van der Waals surface area contributed by atoms with Gasteiger partial charge in [-0.2, -0.15) is 0 Å². The maximum absolute atomic E-state index is 13.5. The van der Waals surface area contributed by atoms with Gasteiger partial charge < -0.3 is 5.32 Å². The van der Waals surface area contributed by atoms with Crippen molar-refractivity contribution in [2.45, 2.75) is 19.8 Å². The van der Waals surface area contributed by atoms with E-state index in [1.165, 1.54) is 17.2 Å². The number of halogens is 2. The first-order chi connectivity index (χ1) is 10.1. The Morgan fingerprint density at radius 2 is 1.81 bits per heavy atom. The molecule has 0 aliphatic carbocycles. The molecule has 0 amide bonds. The number of hydrogen-bond acceptors (Lipinski definition) is 1. The van der Waals surface area contributed by atoms with E-state index < -0.39 is 0 Å².